The summed E-state index contributed by atoms with van der Waals surface area (Å²) in [5.41, 5.74) is 0.498. The van der Waals surface area contributed by atoms with E-state index in [0.717, 1.165) is 0 Å². The van der Waals surface area contributed by atoms with E-state index in [1.165, 1.54) is 18.2 Å². The van der Waals surface area contributed by atoms with E-state index in [4.69, 9.17) is 5.11 Å². The van der Waals surface area contributed by atoms with E-state index >= 15 is 0 Å². The molecule has 0 amide bonds. The number of hydrogen-bond acceptors (Lipinski definition) is 3. The molecule has 1 aliphatic heterocycles. The smallest absolute Gasteiger partial charge is 0.308 e. The van der Waals surface area contributed by atoms with Crippen LogP contribution in [0.25, 0.3) is 0 Å². The molecule has 1 aromatic carbocycles. The molecule has 0 spiro atoms. The zero-order valence-electron chi connectivity index (χ0n) is 11.0. The molecule has 3 atom stereocenters. The highest BCUT2D eigenvalue weighted by Crippen LogP contribution is 2.34. The number of halogens is 1. The van der Waals surface area contributed by atoms with Crippen molar-refractivity contribution in [1.82, 2.24) is 4.90 Å². The Kier molecular flexibility index (Phi) is 3.75. The number of aliphatic carboxylic acids is 1. The Bertz CT molecular complexity index is 492. The van der Waals surface area contributed by atoms with Gasteiger partial charge in [0, 0.05) is 24.7 Å². The van der Waals surface area contributed by atoms with Crippen molar-refractivity contribution >= 4 is 5.97 Å². The number of carboxylic acid groups (broad SMARTS) is 1. The number of phenols is 1. The zero-order valence-corrected chi connectivity index (χ0v) is 11.0. The van der Waals surface area contributed by atoms with E-state index in [0.29, 0.717) is 18.7 Å². The summed E-state index contributed by atoms with van der Waals surface area (Å²) in [6.45, 7) is 4.81. The van der Waals surface area contributed by atoms with E-state index in [1.54, 1.807) is 0 Å². The Labute approximate surface area is 111 Å². The quantitative estimate of drug-likeness (QED) is 0.881. The molecule has 1 fully saturated rings. The largest absolute Gasteiger partial charge is 0.508 e. The van der Waals surface area contributed by atoms with Crippen molar-refractivity contribution in [3.05, 3.63) is 29.6 Å². The van der Waals surface area contributed by atoms with Gasteiger partial charge in [-0.3, -0.25) is 9.69 Å². The van der Waals surface area contributed by atoms with Crippen LogP contribution in [0.2, 0.25) is 0 Å². The summed E-state index contributed by atoms with van der Waals surface area (Å²) in [5.74, 6) is -1.51. The van der Waals surface area contributed by atoms with Crippen LogP contribution in [0, 0.1) is 17.7 Å². The minimum atomic E-state index is -0.800. The molecule has 104 valence electrons. The van der Waals surface area contributed by atoms with Crippen LogP contribution in [0.15, 0.2) is 18.2 Å². The van der Waals surface area contributed by atoms with Crippen LogP contribution in [-0.2, 0) is 4.79 Å². The fourth-order valence-electron chi connectivity index (χ4n) is 2.70. The molecule has 4 nitrogen and oxygen atoms in total. The Balaban J connectivity index is 2.19. The second-order valence-electron chi connectivity index (χ2n) is 5.26. The maximum atomic E-state index is 13.3. The first-order valence-corrected chi connectivity index (χ1v) is 6.35. The monoisotopic (exact) mass is 267 g/mol. The van der Waals surface area contributed by atoms with E-state index < -0.39 is 17.7 Å². The Morgan fingerprint density at radius 2 is 2.16 bits per heavy atom. The lowest BCUT2D eigenvalue weighted by atomic mass is 9.99. The molecule has 0 saturated carbocycles. The lowest BCUT2D eigenvalue weighted by Crippen LogP contribution is -2.26. The standard InChI is InChI=1S/C14H18FNO3/c1-8-6-16(7-12(8)14(18)19)9(2)11-5-10(15)3-4-13(11)17/h3-5,8-9,12,17H,6-7H2,1-2H3,(H,18,19). The number of likely N-dealkylation sites (tertiary alicyclic amines) is 1. The number of phenolic OH excluding ortho intramolecular Hbond substituents is 1. The Hall–Kier alpha value is -1.62. The molecule has 0 radical (unpaired) electrons. The second kappa shape index (κ2) is 5.17. The molecule has 5 heteroatoms. The normalized spacial score (nSPS) is 25.4. The van der Waals surface area contributed by atoms with Gasteiger partial charge in [-0.25, -0.2) is 4.39 Å². The van der Waals surface area contributed by atoms with Gasteiger partial charge in [0.2, 0.25) is 0 Å². The summed E-state index contributed by atoms with van der Waals surface area (Å²) < 4.78 is 13.3. The lowest BCUT2D eigenvalue weighted by Gasteiger charge is -2.25. The van der Waals surface area contributed by atoms with E-state index in [-0.39, 0.29) is 17.7 Å². The Morgan fingerprint density at radius 1 is 1.47 bits per heavy atom. The summed E-state index contributed by atoms with van der Waals surface area (Å²) in [5, 5.41) is 18.9. The summed E-state index contributed by atoms with van der Waals surface area (Å²) in [4.78, 5) is 13.1. The van der Waals surface area contributed by atoms with Crippen LogP contribution < -0.4 is 0 Å². The Morgan fingerprint density at radius 3 is 2.74 bits per heavy atom. The third kappa shape index (κ3) is 2.71. The molecule has 0 aliphatic carbocycles. The van der Waals surface area contributed by atoms with Crippen LogP contribution in [-0.4, -0.2) is 34.2 Å². The number of nitrogens with zero attached hydrogens (tertiary/aromatic N) is 1. The lowest BCUT2D eigenvalue weighted by molar-refractivity contribution is -0.142. The van der Waals surface area contributed by atoms with Gasteiger partial charge in [0.15, 0.2) is 0 Å². The molecule has 3 unspecified atom stereocenters. The zero-order chi connectivity index (χ0) is 14.2. The third-order valence-electron chi connectivity index (χ3n) is 3.95. The van der Waals surface area contributed by atoms with E-state index in [1.807, 2.05) is 18.7 Å². The van der Waals surface area contributed by atoms with Gasteiger partial charge in [0.1, 0.15) is 11.6 Å². The average Bonchev–Trinajstić information content (AvgIpc) is 2.74. The molecule has 1 saturated heterocycles. The van der Waals surface area contributed by atoms with E-state index in [9.17, 15) is 14.3 Å². The molecular formula is C14H18FNO3. The molecule has 1 aliphatic rings. The fraction of sp³-hybridized carbons (Fsp3) is 0.500. The maximum absolute atomic E-state index is 13.3. The SMILES string of the molecule is CC1CN(C(C)c2cc(F)ccc2O)CC1C(=O)O. The summed E-state index contributed by atoms with van der Waals surface area (Å²) in [7, 11) is 0. The molecule has 2 N–H and O–H groups in total. The molecule has 1 heterocycles. The second-order valence-corrected chi connectivity index (χ2v) is 5.26. The van der Waals surface area contributed by atoms with Gasteiger partial charge in [-0.2, -0.15) is 0 Å². The van der Waals surface area contributed by atoms with Crippen LogP contribution in [0.5, 0.6) is 5.75 Å². The fourth-order valence-corrected chi connectivity index (χ4v) is 2.70. The number of benzene rings is 1. The van der Waals surface area contributed by atoms with Gasteiger partial charge in [0.25, 0.3) is 0 Å². The molecule has 19 heavy (non-hydrogen) atoms. The van der Waals surface area contributed by atoms with Crippen molar-refractivity contribution in [2.75, 3.05) is 13.1 Å². The number of rotatable bonds is 3. The minimum Gasteiger partial charge on any atom is -0.508 e. The van der Waals surface area contributed by atoms with Crippen LogP contribution in [0.1, 0.15) is 25.5 Å². The molecule has 1 aromatic rings. The van der Waals surface area contributed by atoms with Crippen LogP contribution in [0.4, 0.5) is 4.39 Å². The van der Waals surface area contributed by atoms with Gasteiger partial charge in [-0.05, 0) is 31.0 Å². The number of aromatic hydroxyl groups is 1. The topological polar surface area (TPSA) is 60.8 Å². The molecule has 0 bridgehead atoms. The predicted octanol–water partition coefficient (Wildman–Crippen LogP) is 2.24. The molecular weight excluding hydrogens is 249 g/mol. The van der Waals surface area contributed by atoms with Crippen LogP contribution >= 0.6 is 0 Å². The van der Waals surface area contributed by atoms with Gasteiger partial charge < -0.3 is 10.2 Å². The van der Waals surface area contributed by atoms with Crippen molar-refractivity contribution in [3.63, 3.8) is 0 Å². The first-order valence-electron chi connectivity index (χ1n) is 6.35. The third-order valence-corrected chi connectivity index (χ3v) is 3.95. The summed E-state index contributed by atoms with van der Waals surface area (Å²) in [6.07, 6.45) is 0. The van der Waals surface area contributed by atoms with Crippen molar-refractivity contribution < 1.29 is 19.4 Å². The van der Waals surface area contributed by atoms with Gasteiger partial charge >= 0.3 is 5.97 Å². The highest BCUT2D eigenvalue weighted by Gasteiger charge is 2.37. The number of hydrogen-bond donors (Lipinski definition) is 2. The first kappa shape index (κ1) is 13.8. The van der Waals surface area contributed by atoms with Gasteiger partial charge in [-0.15, -0.1) is 0 Å². The summed E-state index contributed by atoms with van der Waals surface area (Å²) in [6, 6.07) is 3.63. The van der Waals surface area contributed by atoms with Crippen molar-refractivity contribution in [2.45, 2.75) is 19.9 Å². The van der Waals surface area contributed by atoms with Crippen molar-refractivity contribution in [2.24, 2.45) is 11.8 Å². The van der Waals surface area contributed by atoms with Gasteiger partial charge in [0.05, 0.1) is 5.92 Å². The molecule has 2 rings (SSSR count). The maximum Gasteiger partial charge on any atom is 0.308 e. The van der Waals surface area contributed by atoms with Crippen LogP contribution in [0.3, 0.4) is 0 Å². The average molecular weight is 267 g/mol. The highest BCUT2D eigenvalue weighted by atomic mass is 19.1. The van der Waals surface area contributed by atoms with Gasteiger partial charge in [-0.1, -0.05) is 6.92 Å². The summed E-state index contributed by atoms with van der Waals surface area (Å²) >= 11 is 0. The first-order chi connectivity index (χ1) is 8.90. The van der Waals surface area contributed by atoms with Crippen molar-refractivity contribution in [3.8, 4) is 5.75 Å². The number of carbonyl (C=O) groups is 1. The number of carboxylic acids is 1. The minimum absolute atomic E-state index is 0.0420. The van der Waals surface area contributed by atoms with Crippen molar-refractivity contribution in [1.29, 1.82) is 0 Å². The molecule has 0 aromatic heterocycles. The highest BCUT2D eigenvalue weighted by molar-refractivity contribution is 5.71. The van der Waals surface area contributed by atoms with E-state index in [2.05, 4.69) is 0 Å². The predicted molar refractivity (Wildman–Crippen MR) is 68.3 cm³/mol.